The molecule has 0 amide bonds. The molecule has 6 rings (SSSR count). The van der Waals surface area contributed by atoms with E-state index in [0.29, 0.717) is 23.8 Å². The molecular weight excluding hydrogens is 608 g/mol. The fourth-order valence-electron chi connectivity index (χ4n) is 6.34. The molecule has 0 saturated heterocycles. The minimum atomic E-state index is -0.904. The van der Waals surface area contributed by atoms with E-state index < -0.39 is 5.60 Å². The molecule has 0 aliphatic heterocycles. The zero-order valence-electron chi connectivity index (χ0n) is 28.7. The molecule has 46 heavy (non-hydrogen) atoms. The van der Waals surface area contributed by atoms with Gasteiger partial charge in [-0.2, -0.15) is 15.3 Å². The van der Waals surface area contributed by atoms with E-state index in [1.54, 1.807) is 13.8 Å². The summed E-state index contributed by atoms with van der Waals surface area (Å²) in [7, 11) is 0. The molecule has 3 heterocycles. The van der Waals surface area contributed by atoms with Crippen molar-refractivity contribution in [1.82, 2.24) is 39.8 Å². The molecule has 5 aromatic rings. The SMILES string of the molecule is CCCc1c(Cc2ccc(-c3ccccc3-c3nn[nH]n3)cc2)c(=O)n(C2CCC(OC(C)C(C)(C)O)CC2)c2nc(C)nn12.[H-].[K+]. The standard InChI is InChI=1S/C34H42N8O3.K.H/c1-6-9-30-29(20-23-12-14-24(15-13-23)27-10-7-8-11-28(27)31-36-39-40-37-31)32(43)41(33-35-22(3)38-42(30)33)25-16-18-26(19-17-25)45-21(2)34(4,5)44;;/h7-8,10-15,21,25-26,44H,6,9,16-20H2,1-5H3,(H,36,37,39,40);;/q;+1;-1. The summed E-state index contributed by atoms with van der Waals surface area (Å²) in [4.78, 5) is 19.2. The number of nitrogens with zero attached hydrogens (tertiary/aromatic N) is 7. The summed E-state index contributed by atoms with van der Waals surface area (Å²) >= 11 is 0. The molecule has 1 saturated carbocycles. The van der Waals surface area contributed by atoms with E-state index in [-0.39, 0.29) is 76.6 Å². The van der Waals surface area contributed by atoms with Crippen LogP contribution < -0.4 is 56.9 Å². The largest absolute Gasteiger partial charge is 1.00 e. The minimum Gasteiger partial charge on any atom is -1.00 e. The van der Waals surface area contributed by atoms with Crippen LogP contribution in [0.5, 0.6) is 0 Å². The van der Waals surface area contributed by atoms with E-state index in [4.69, 9.17) is 14.8 Å². The summed E-state index contributed by atoms with van der Waals surface area (Å²) < 4.78 is 10.00. The second kappa shape index (κ2) is 14.7. The van der Waals surface area contributed by atoms with Gasteiger partial charge in [0.1, 0.15) is 5.82 Å². The molecule has 1 atom stereocenters. The topological polar surface area (TPSA) is 136 Å². The number of aliphatic hydroxyl groups is 1. The van der Waals surface area contributed by atoms with Gasteiger partial charge < -0.3 is 11.3 Å². The number of tetrazole rings is 1. The molecule has 0 radical (unpaired) electrons. The second-order valence-electron chi connectivity index (χ2n) is 12.7. The van der Waals surface area contributed by atoms with Gasteiger partial charge in [0, 0.05) is 23.6 Å². The minimum absolute atomic E-state index is 0. The van der Waals surface area contributed by atoms with Gasteiger partial charge in [0.05, 0.1) is 23.5 Å². The van der Waals surface area contributed by atoms with E-state index in [1.807, 2.05) is 47.2 Å². The molecule has 1 aliphatic rings. The number of aromatic nitrogens is 8. The predicted octanol–water partition coefficient (Wildman–Crippen LogP) is 2.37. The molecule has 12 heteroatoms. The molecule has 0 bridgehead atoms. The molecule has 1 aliphatic carbocycles. The summed E-state index contributed by atoms with van der Waals surface area (Å²) in [6.45, 7) is 9.46. The van der Waals surface area contributed by atoms with E-state index >= 15 is 0 Å². The fraction of sp³-hybridized carbons (Fsp3) is 0.471. The molecule has 3 aromatic heterocycles. The summed E-state index contributed by atoms with van der Waals surface area (Å²) in [5, 5.41) is 29.7. The predicted molar refractivity (Wildman–Crippen MR) is 173 cm³/mol. The van der Waals surface area contributed by atoms with Crippen molar-refractivity contribution in [2.75, 3.05) is 0 Å². The van der Waals surface area contributed by atoms with Crippen LogP contribution in [-0.2, 0) is 17.6 Å². The van der Waals surface area contributed by atoms with Crippen LogP contribution in [0.2, 0.25) is 0 Å². The molecule has 0 spiro atoms. The number of nitrogens with one attached hydrogen (secondary N) is 1. The first-order chi connectivity index (χ1) is 21.6. The van der Waals surface area contributed by atoms with Gasteiger partial charge >= 0.3 is 51.4 Å². The van der Waals surface area contributed by atoms with Crippen LogP contribution in [0, 0.1) is 6.92 Å². The van der Waals surface area contributed by atoms with Crippen molar-refractivity contribution in [1.29, 1.82) is 0 Å². The number of hydrogen-bond donors (Lipinski definition) is 2. The third-order valence-corrected chi connectivity index (χ3v) is 9.04. The van der Waals surface area contributed by atoms with Crippen LogP contribution in [0.1, 0.15) is 89.9 Å². The Balaban J connectivity index is 0.00000250. The fourth-order valence-corrected chi connectivity index (χ4v) is 6.34. The first kappa shape index (κ1) is 34.7. The maximum absolute atomic E-state index is 14.4. The van der Waals surface area contributed by atoms with Crippen LogP contribution in [0.25, 0.3) is 28.3 Å². The smallest absolute Gasteiger partial charge is 1.00 e. The first-order valence-corrected chi connectivity index (χ1v) is 15.9. The number of aryl methyl sites for hydroxylation is 2. The Morgan fingerprint density at radius 1 is 1.09 bits per heavy atom. The van der Waals surface area contributed by atoms with Crippen LogP contribution in [0.3, 0.4) is 0 Å². The normalized spacial score (nSPS) is 17.6. The molecule has 1 unspecified atom stereocenters. The van der Waals surface area contributed by atoms with Crippen LogP contribution in [0.15, 0.2) is 53.3 Å². The summed E-state index contributed by atoms with van der Waals surface area (Å²) in [5.74, 6) is 1.81. The number of benzene rings is 2. The van der Waals surface area contributed by atoms with Gasteiger partial charge in [-0.05, 0) is 81.7 Å². The third-order valence-electron chi connectivity index (χ3n) is 9.04. The average molecular weight is 651 g/mol. The van der Waals surface area contributed by atoms with Gasteiger partial charge in [-0.25, -0.2) is 4.52 Å². The Labute approximate surface area is 313 Å². The van der Waals surface area contributed by atoms with Gasteiger partial charge in [-0.15, -0.1) is 10.2 Å². The van der Waals surface area contributed by atoms with E-state index in [9.17, 15) is 9.90 Å². The maximum atomic E-state index is 14.4. The summed E-state index contributed by atoms with van der Waals surface area (Å²) in [5.41, 5.74) is 4.79. The first-order valence-electron chi connectivity index (χ1n) is 15.9. The zero-order chi connectivity index (χ0) is 31.7. The number of fused-ring (bicyclic) bond motifs is 1. The number of ether oxygens (including phenoxy) is 1. The molecule has 238 valence electrons. The van der Waals surface area contributed by atoms with Gasteiger partial charge in [0.2, 0.25) is 11.6 Å². The quantitative estimate of drug-likeness (QED) is 0.220. The van der Waals surface area contributed by atoms with Gasteiger partial charge in [0.25, 0.3) is 5.56 Å². The zero-order valence-corrected chi connectivity index (χ0v) is 30.8. The molecule has 2 aromatic carbocycles. The maximum Gasteiger partial charge on any atom is 1.00 e. The van der Waals surface area contributed by atoms with E-state index in [2.05, 4.69) is 51.8 Å². The van der Waals surface area contributed by atoms with Crippen molar-refractivity contribution in [3.8, 4) is 22.5 Å². The average Bonchev–Trinajstić information content (AvgIpc) is 3.70. The second-order valence-corrected chi connectivity index (χ2v) is 12.7. The van der Waals surface area contributed by atoms with Crippen LogP contribution >= 0.6 is 0 Å². The Morgan fingerprint density at radius 2 is 1.78 bits per heavy atom. The summed E-state index contributed by atoms with van der Waals surface area (Å²) in [6.07, 6.45) is 5.12. The van der Waals surface area contributed by atoms with Crippen molar-refractivity contribution in [3.63, 3.8) is 0 Å². The van der Waals surface area contributed by atoms with Crippen LogP contribution in [-0.4, -0.2) is 62.7 Å². The van der Waals surface area contributed by atoms with Crippen molar-refractivity contribution in [3.05, 3.63) is 81.5 Å². The number of aromatic amines is 1. The van der Waals surface area contributed by atoms with Crippen molar-refractivity contribution < 1.29 is 62.7 Å². The number of H-pyrrole nitrogens is 1. The molecule has 1 fully saturated rings. The Morgan fingerprint density at radius 3 is 2.41 bits per heavy atom. The van der Waals surface area contributed by atoms with Crippen molar-refractivity contribution in [2.24, 2.45) is 0 Å². The number of hydrogen-bond acceptors (Lipinski definition) is 8. The monoisotopic (exact) mass is 650 g/mol. The van der Waals surface area contributed by atoms with E-state index in [1.165, 1.54) is 0 Å². The van der Waals surface area contributed by atoms with E-state index in [0.717, 1.165) is 72.0 Å². The van der Waals surface area contributed by atoms with Gasteiger partial charge in [-0.3, -0.25) is 9.36 Å². The molecule has 11 nitrogen and oxygen atoms in total. The van der Waals surface area contributed by atoms with Crippen molar-refractivity contribution >= 4 is 5.78 Å². The van der Waals surface area contributed by atoms with Gasteiger partial charge in [-0.1, -0.05) is 61.9 Å². The van der Waals surface area contributed by atoms with Crippen molar-refractivity contribution in [2.45, 2.75) is 103 Å². The Kier molecular flexibility index (Phi) is 11.1. The third kappa shape index (κ3) is 7.28. The Bertz CT molecular complexity index is 1830. The summed E-state index contributed by atoms with van der Waals surface area (Å²) in [6, 6.07) is 16.3. The Hall–Kier alpha value is -2.58. The molecular formula is C34H43KN8O3. The van der Waals surface area contributed by atoms with Crippen LogP contribution in [0.4, 0.5) is 0 Å². The number of rotatable bonds is 10. The molecule has 2 N–H and O–H groups in total. The van der Waals surface area contributed by atoms with Gasteiger partial charge in [0.15, 0.2) is 0 Å².